The lowest BCUT2D eigenvalue weighted by Crippen LogP contribution is -2.29. The highest BCUT2D eigenvalue weighted by atomic mass is 14.4. The fourth-order valence-electron chi connectivity index (χ4n) is 2.48. The molecule has 2 atom stereocenters. The van der Waals surface area contributed by atoms with Crippen molar-refractivity contribution in [2.24, 2.45) is 17.3 Å². The smallest absolute Gasteiger partial charge is 0.0117 e. The van der Waals surface area contributed by atoms with Crippen LogP contribution in [-0.2, 0) is 0 Å². The molecule has 0 fully saturated rings. The van der Waals surface area contributed by atoms with Crippen LogP contribution in [-0.4, -0.2) is 0 Å². The Hall–Kier alpha value is -0.520. The van der Waals surface area contributed by atoms with Gasteiger partial charge in [0.05, 0.1) is 0 Å². The lowest BCUT2D eigenvalue weighted by atomic mass is 9.66. The lowest BCUT2D eigenvalue weighted by Gasteiger charge is -2.39. The van der Waals surface area contributed by atoms with Crippen molar-refractivity contribution >= 4 is 0 Å². The summed E-state index contributed by atoms with van der Waals surface area (Å²) < 4.78 is 0. The second kappa shape index (κ2) is 3.92. The number of allylic oxidation sites excluding steroid dienone is 3. The average molecular weight is 192 g/mol. The molecule has 0 saturated carbocycles. The highest BCUT2D eigenvalue weighted by Gasteiger charge is 2.32. The van der Waals surface area contributed by atoms with Crippen molar-refractivity contribution in [1.82, 2.24) is 0 Å². The molecule has 0 aromatic rings. The van der Waals surface area contributed by atoms with E-state index in [1.54, 1.807) is 5.57 Å². The molecule has 0 heteroatoms. The molecule has 0 unspecified atom stereocenters. The topological polar surface area (TPSA) is 0 Å². The minimum atomic E-state index is 0.366. The summed E-state index contributed by atoms with van der Waals surface area (Å²) in [7, 11) is 0. The Balaban J connectivity index is 2.94. The van der Waals surface area contributed by atoms with Crippen molar-refractivity contribution < 1.29 is 0 Å². The molecule has 80 valence electrons. The Kier molecular flexibility index (Phi) is 3.24. The normalized spacial score (nSPS) is 28.5. The Morgan fingerprint density at radius 3 is 2.43 bits per heavy atom. The van der Waals surface area contributed by atoms with Gasteiger partial charge in [-0.05, 0) is 43.9 Å². The quantitative estimate of drug-likeness (QED) is 0.533. The third kappa shape index (κ3) is 2.50. The first-order valence-corrected chi connectivity index (χ1v) is 5.65. The van der Waals surface area contributed by atoms with E-state index in [1.807, 2.05) is 0 Å². The van der Waals surface area contributed by atoms with Crippen LogP contribution in [0.5, 0.6) is 0 Å². The summed E-state index contributed by atoms with van der Waals surface area (Å²) in [5, 5.41) is 0. The predicted octanol–water partition coefficient (Wildman–Crippen LogP) is 4.58. The first-order valence-electron chi connectivity index (χ1n) is 5.65. The van der Waals surface area contributed by atoms with Crippen molar-refractivity contribution in [2.45, 2.75) is 47.5 Å². The molecule has 0 aliphatic heterocycles. The lowest BCUT2D eigenvalue weighted by molar-refractivity contribution is 0.210. The molecule has 0 aromatic heterocycles. The molecule has 14 heavy (non-hydrogen) atoms. The Labute approximate surface area is 89.1 Å². The fourth-order valence-corrected chi connectivity index (χ4v) is 2.48. The van der Waals surface area contributed by atoms with E-state index >= 15 is 0 Å². The van der Waals surface area contributed by atoms with Crippen LogP contribution in [0.25, 0.3) is 0 Å². The van der Waals surface area contributed by atoms with Crippen molar-refractivity contribution in [3.63, 3.8) is 0 Å². The third-order valence-corrected chi connectivity index (χ3v) is 3.38. The maximum atomic E-state index is 4.14. The van der Waals surface area contributed by atoms with E-state index in [9.17, 15) is 0 Å². The Morgan fingerprint density at radius 1 is 1.43 bits per heavy atom. The van der Waals surface area contributed by atoms with Gasteiger partial charge in [0.1, 0.15) is 0 Å². The molecule has 0 radical (unpaired) electrons. The van der Waals surface area contributed by atoms with Gasteiger partial charge in [-0.1, -0.05) is 44.6 Å². The van der Waals surface area contributed by atoms with Crippen LogP contribution >= 0.6 is 0 Å². The van der Waals surface area contributed by atoms with Gasteiger partial charge >= 0.3 is 0 Å². The van der Waals surface area contributed by atoms with Crippen LogP contribution in [0.2, 0.25) is 0 Å². The summed E-state index contributed by atoms with van der Waals surface area (Å²) >= 11 is 0. The molecule has 1 aliphatic rings. The highest BCUT2D eigenvalue weighted by molar-refractivity contribution is 5.16. The third-order valence-electron chi connectivity index (χ3n) is 3.38. The predicted molar refractivity (Wildman–Crippen MR) is 64.2 cm³/mol. The largest absolute Gasteiger partial charge is 0.0998 e. The van der Waals surface area contributed by atoms with Crippen molar-refractivity contribution in [3.8, 4) is 0 Å². The van der Waals surface area contributed by atoms with Crippen LogP contribution in [0.1, 0.15) is 47.5 Å². The Bertz CT molecular complexity index is 250. The molecular weight excluding hydrogens is 168 g/mol. The molecule has 0 spiro atoms. The molecule has 0 N–H and O–H groups in total. The molecular formula is C14H24. The van der Waals surface area contributed by atoms with Gasteiger partial charge in [-0.25, -0.2) is 0 Å². The minimum Gasteiger partial charge on any atom is -0.0998 e. The fraction of sp³-hybridized carbons (Fsp3) is 0.714. The maximum absolute atomic E-state index is 4.14. The van der Waals surface area contributed by atoms with E-state index in [1.165, 1.54) is 18.4 Å². The van der Waals surface area contributed by atoms with Gasteiger partial charge < -0.3 is 0 Å². The first-order chi connectivity index (χ1) is 6.32. The SMILES string of the molecule is C=C(C)[C@@H]1CCC(C)=C[C@H]1C(C)(C)C. The second-order valence-corrected chi connectivity index (χ2v) is 5.90. The Morgan fingerprint density at radius 2 is 2.00 bits per heavy atom. The minimum absolute atomic E-state index is 0.366. The van der Waals surface area contributed by atoms with E-state index in [2.05, 4.69) is 47.3 Å². The van der Waals surface area contributed by atoms with Crippen LogP contribution in [0, 0.1) is 17.3 Å². The van der Waals surface area contributed by atoms with E-state index in [-0.39, 0.29) is 0 Å². The van der Waals surface area contributed by atoms with Gasteiger partial charge in [0, 0.05) is 0 Å². The van der Waals surface area contributed by atoms with Gasteiger partial charge in [0.15, 0.2) is 0 Å². The molecule has 0 bridgehead atoms. The number of hydrogen-bond acceptors (Lipinski definition) is 0. The summed E-state index contributed by atoms with van der Waals surface area (Å²) in [6.07, 6.45) is 5.02. The zero-order valence-corrected chi connectivity index (χ0v) is 10.4. The molecule has 1 aliphatic carbocycles. The van der Waals surface area contributed by atoms with E-state index < -0.39 is 0 Å². The summed E-state index contributed by atoms with van der Waals surface area (Å²) in [6, 6.07) is 0. The number of hydrogen-bond donors (Lipinski definition) is 0. The van der Waals surface area contributed by atoms with E-state index in [4.69, 9.17) is 0 Å². The molecule has 0 aromatic carbocycles. The first kappa shape index (κ1) is 11.6. The molecule has 0 saturated heterocycles. The highest BCUT2D eigenvalue weighted by Crippen LogP contribution is 2.42. The maximum Gasteiger partial charge on any atom is -0.0117 e. The van der Waals surface area contributed by atoms with Crippen molar-refractivity contribution in [2.75, 3.05) is 0 Å². The van der Waals surface area contributed by atoms with Crippen LogP contribution in [0.3, 0.4) is 0 Å². The second-order valence-electron chi connectivity index (χ2n) is 5.90. The van der Waals surface area contributed by atoms with Gasteiger partial charge in [0.2, 0.25) is 0 Å². The zero-order valence-electron chi connectivity index (χ0n) is 10.4. The van der Waals surface area contributed by atoms with Crippen molar-refractivity contribution in [1.29, 1.82) is 0 Å². The molecule has 1 rings (SSSR count). The standard InChI is InChI=1S/C14H24/c1-10(2)12-8-7-11(3)9-13(12)14(4,5)6/h9,12-13H,1,7-8H2,2-6H3/t12-,13+/m0/s1. The van der Waals surface area contributed by atoms with Crippen molar-refractivity contribution in [3.05, 3.63) is 23.8 Å². The van der Waals surface area contributed by atoms with Gasteiger partial charge in [0.25, 0.3) is 0 Å². The molecule has 0 nitrogen and oxygen atoms in total. The van der Waals surface area contributed by atoms with Gasteiger partial charge in [-0.2, -0.15) is 0 Å². The molecule has 0 amide bonds. The summed E-state index contributed by atoms with van der Waals surface area (Å²) in [5.41, 5.74) is 3.28. The zero-order chi connectivity index (χ0) is 10.9. The summed E-state index contributed by atoms with van der Waals surface area (Å²) in [5.74, 6) is 1.37. The summed E-state index contributed by atoms with van der Waals surface area (Å²) in [6.45, 7) is 15.6. The summed E-state index contributed by atoms with van der Waals surface area (Å²) in [4.78, 5) is 0. The van der Waals surface area contributed by atoms with E-state index in [0.717, 1.165) is 0 Å². The van der Waals surface area contributed by atoms with Crippen LogP contribution < -0.4 is 0 Å². The van der Waals surface area contributed by atoms with E-state index in [0.29, 0.717) is 17.3 Å². The number of rotatable bonds is 1. The van der Waals surface area contributed by atoms with Gasteiger partial charge in [-0.15, -0.1) is 0 Å². The monoisotopic (exact) mass is 192 g/mol. The molecule has 0 heterocycles. The van der Waals surface area contributed by atoms with Crippen LogP contribution in [0.15, 0.2) is 23.8 Å². The average Bonchev–Trinajstić information content (AvgIpc) is 2.01. The van der Waals surface area contributed by atoms with Gasteiger partial charge in [-0.3, -0.25) is 0 Å². The van der Waals surface area contributed by atoms with Crippen LogP contribution in [0.4, 0.5) is 0 Å².